The van der Waals surface area contributed by atoms with E-state index in [1.807, 2.05) is 31.2 Å². The van der Waals surface area contributed by atoms with Crippen LogP contribution in [0.5, 0.6) is 0 Å². The molecule has 0 aliphatic heterocycles. The number of benzene rings is 1. The number of thioether (sulfide) groups is 1. The second-order valence-corrected chi connectivity index (χ2v) is 6.61. The quantitative estimate of drug-likeness (QED) is 0.850. The summed E-state index contributed by atoms with van der Waals surface area (Å²) >= 11 is 1.50. The Balaban J connectivity index is 1.45. The van der Waals surface area contributed by atoms with Crippen molar-refractivity contribution in [1.82, 2.24) is 15.5 Å². The summed E-state index contributed by atoms with van der Waals surface area (Å²) in [6, 6.07) is 7.95. The van der Waals surface area contributed by atoms with Gasteiger partial charge in [0.05, 0.1) is 11.5 Å². The van der Waals surface area contributed by atoms with E-state index in [0.29, 0.717) is 29.1 Å². The lowest BCUT2D eigenvalue weighted by atomic mass is 10.1. The van der Waals surface area contributed by atoms with E-state index in [4.69, 9.17) is 4.52 Å². The molecule has 0 saturated heterocycles. The van der Waals surface area contributed by atoms with Gasteiger partial charge in [0.1, 0.15) is 0 Å². The van der Waals surface area contributed by atoms with Gasteiger partial charge >= 0.3 is 0 Å². The molecule has 6 heteroatoms. The van der Waals surface area contributed by atoms with Crippen molar-refractivity contribution >= 4 is 17.7 Å². The van der Waals surface area contributed by atoms with E-state index >= 15 is 0 Å². The van der Waals surface area contributed by atoms with Crippen LogP contribution in [0.2, 0.25) is 0 Å². The highest BCUT2D eigenvalue weighted by Gasteiger charge is 2.21. The molecule has 1 aromatic heterocycles. The minimum absolute atomic E-state index is 0.0825. The molecule has 1 heterocycles. The maximum absolute atomic E-state index is 11.6. The van der Waals surface area contributed by atoms with Crippen molar-refractivity contribution in [2.45, 2.75) is 25.5 Å². The SMILES string of the molecule is Cc1ccc(-c2nc(CSCC(=O)NCC3CC3)no2)cc1. The van der Waals surface area contributed by atoms with Crippen molar-refractivity contribution in [2.24, 2.45) is 5.92 Å². The summed E-state index contributed by atoms with van der Waals surface area (Å²) in [6.07, 6.45) is 2.50. The van der Waals surface area contributed by atoms with Gasteiger partial charge < -0.3 is 9.84 Å². The van der Waals surface area contributed by atoms with Crippen molar-refractivity contribution < 1.29 is 9.32 Å². The van der Waals surface area contributed by atoms with Gasteiger partial charge in [0.2, 0.25) is 5.91 Å². The highest BCUT2D eigenvalue weighted by molar-refractivity contribution is 7.99. The van der Waals surface area contributed by atoms with Crippen molar-refractivity contribution in [2.75, 3.05) is 12.3 Å². The number of nitrogens with one attached hydrogen (secondary N) is 1. The summed E-state index contributed by atoms with van der Waals surface area (Å²) < 4.78 is 5.26. The third-order valence-corrected chi connectivity index (χ3v) is 4.44. The van der Waals surface area contributed by atoms with Crippen LogP contribution >= 0.6 is 11.8 Å². The Morgan fingerprint density at radius 3 is 2.86 bits per heavy atom. The van der Waals surface area contributed by atoms with Crippen LogP contribution < -0.4 is 5.32 Å². The Morgan fingerprint density at radius 2 is 2.14 bits per heavy atom. The molecular formula is C16H19N3O2S. The zero-order valence-corrected chi connectivity index (χ0v) is 13.4. The normalized spacial score (nSPS) is 14.0. The van der Waals surface area contributed by atoms with Gasteiger partial charge in [0.15, 0.2) is 5.82 Å². The molecule has 5 nitrogen and oxygen atoms in total. The van der Waals surface area contributed by atoms with Crippen LogP contribution in [0, 0.1) is 12.8 Å². The molecule has 0 radical (unpaired) electrons. The highest BCUT2D eigenvalue weighted by atomic mass is 32.2. The smallest absolute Gasteiger partial charge is 0.257 e. The van der Waals surface area contributed by atoms with Gasteiger partial charge in [-0.2, -0.15) is 4.98 Å². The van der Waals surface area contributed by atoms with E-state index in [1.165, 1.54) is 30.2 Å². The lowest BCUT2D eigenvalue weighted by Gasteiger charge is -2.02. The number of hydrogen-bond acceptors (Lipinski definition) is 5. The van der Waals surface area contributed by atoms with Gasteiger partial charge in [0, 0.05) is 12.1 Å². The molecule has 1 aliphatic carbocycles. The van der Waals surface area contributed by atoms with E-state index in [-0.39, 0.29) is 5.91 Å². The Morgan fingerprint density at radius 1 is 1.36 bits per heavy atom. The first-order valence-electron chi connectivity index (χ1n) is 7.45. The second kappa shape index (κ2) is 6.96. The van der Waals surface area contributed by atoms with E-state index in [0.717, 1.165) is 12.1 Å². The molecule has 22 heavy (non-hydrogen) atoms. The fraction of sp³-hybridized carbons (Fsp3) is 0.438. The summed E-state index contributed by atoms with van der Waals surface area (Å²) in [4.78, 5) is 16.0. The van der Waals surface area contributed by atoms with Crippen molar-refractivity contribution in [3.05, 3.63) is 35.7 Å². The first-order valence-corrected chi connectivity index (χ1v) is 8.60. The lowest BCUT2D eigenvalue weighted by Crippen LogP contribution is -2.27. The van der Waals surface area contributed by atoms with Crippen molar-refractivity contribution in [1.29, 1.82) is 0 Å². The fourth-order valence-electron chi connectivity index (χ4n) is 1.99. The topological polar surface area (TPSA) is 68.0 Å². The molecule has 1 saturated carbocycles. The third-order valence-electron chi connectivity index (χ3n) is 3.52. The summed E-state index contributed by atoms with van der Waals surface area (Å²) in [6.45, 7) is 2.85. The number of aromatic nitrogens is 2. The number of carbonyl (C=O) groups is 1. The van der Waals surface area contributed by atoms with Gasteiger partial charge in [-0.25, -0.2) is 0 Å². The third kappa shape index (κ3) is 4.34. The summed E-state index contributed by atoms with van der Waals surface area (Å²) in [5.41, 5.74) is 2.10. The number of carbonyl (C=O) groups excluding carboxylic acids is 1. The lowest BCUT2D eigenvalue weighted by molar-refractivity contribution is -0.118. The molecule has 0 atom stereocenters. The van der Waals surface area contributed by atoms with Crippen LogP contribution in [-0.2, 0) is 10.5 Å². The largest absolute Gasteiger partial charge is 0.355 e. The van der Waals surface area contributed by atoms with Gasteiger partial charge in [0.25, 0.3) is 5.89 Å². The molecule has 1 amide bonds. The van der Waals surface area contributed by atoms with Crippen LogP contribution in [0.15, 0.2) is 28.8 Å². The Kier molecular flexibility index (Phi) is 4.77. The fourth-order valence-corrected chi connectivity index (χ4v) is 2.68. The number of amides is 1. The maximum atomic E-state index is 11.6. The van der Waals surface area contributed by atoms with Crippen LogP contribution in [-0.4, -0.2) is 28.3 Å². The van der Waals surface area contributed by atoms with Gasteiger partial charge in [-0.1, -0.05) is 22.9 Å². The standard InChI is InChI=1S/C16H19N3O2S/c1-11-2-6-13(7-3-11)16-18-14(19-21-16)9-22-10-15(20)17-8-12-4-5-12/h2-3,6-7,12H,4-5,8-10H2,1H3,(H,17,20). The van der Waals surface area contributed by atoms with E-state index in [9.17, 15) is 4.79 Å². The van der Waals surface area contributed by atoms with Crippen molar-refractivity contribution in [3.8, 4) is 11.5 Å². The Hall–Kier alpha value is -1.82. The predicted octanol–water partition coefficient (Wildman–Crippen LogP) is 2.80. The number of aryl methyl sites for hydroxylation is 1. The van der Waals surface area contributed by atoms with Crippen LogP contribution in [0.4, 0.5) is 0 Å². The van der Waals surface area contributed by atoms with Crippen LogP contribution in [0.3, 0.4) is 0 Å². The molecular weight excluding hydrogens is 298 g/mol. The van der Waals surface area contributed by atoms with E-state index in [2.05, 4.69) is 15.5 Å². The molecule has 1 aliphatic rings. The number of rotatable bonds is 7. The molecule has 2 aromatic rings. The summed E-state index contributed by atoms with van der Waals surface area (Å²) in [5, 5.41) is 6.90. The molecule has 0 spiro atoms. The van der Waals surface area contributed by atoms with E-state index in [1.54, 1.807) is 0 Å². The molecule has 0 bridgehead atoms. The minimum Gasteiger partial charge on any atom is -0.355 e. The molecule has 1 fully saturated rings. The van der Waals surface area contributed by atoms with Crippen LogP contribution in [0.25, 0.3) is 11.5 Å². The molecule has 116 valence electrons. The minimum atomic E-state index is 0.0825. The highest BCUT2D eigenvalue weighted by Crippen LogP contribution is 2.27. The predicted molar refractivity (Wildman–Crippen MR) is 86.4 cm³/mol. The first kappa shape index (κ1) is 15.1. The monoisotopic (exact) mass is 317 g/mol. The molecule has 1 aromatic carbocycles. The summed E-state index contributed by atoms with van der Waals surface area (Å²) in [5.74, 6) is 2.94. The Labute approximate surface area is 133 Å². The zero-order valence-electron chi connectivity index (χ0n) is 12.5. The molecule has 1 N–H and O–H groups in total. The van der Waals surface area contributed by atoms with E-state index < -0.39 is 0 Å². The summed E-state index contributed by atoms with van der Waals surface area (Å²) in [7, 11) is 0. The Bertz CT molecular complexity index is 635. The average Bonchev–Trinajstić information content (AvgIpc) is 3.24. The maximum Gasteiger partial charge on any atom is 0.257 e. The van der Waals surface area contributed by atoms with Gasteiger partial charge in [-0.15, -0.1) is 11.8 Å². The van der Waals surface area contributed by atoms with Crippen LogP contribution in [0.1, 0.15) is 24.2 Å². The van der Waals surface area contributed by atoms with Gasteiger partial charge in [-0.3, -0.25) is 4.79 Å². The first-order chi connectivity index (χ1) is 10.7. The second-order valence-electron chi connectivity index (χ2n) is 5.62. The zero-order chi connectivity index (χ0) is 15.4. The van der Waals surface area contributed by atoms with Gasteiger partial charge in [-0.05, 0) is 37.8 Å². The molecule has 0 unspecified atom stereocenters. The number of nitrogens with zero attached hydrogens (tertiary/aromatic N) is 2. The van der Waals surface area contributed by atoms with Crippen molar-refractivity contribution in [3.63, 3.8) is 0 Å². The molecule has 3 rings (SSSR count). The average molecular weight is 317 g/mol. The number of hydrogen-bond donors (Lipinski definition) is 1.